The molecule has 0 amide bonds. The van der Waals surface area contributed by atoms with Crippen molar-refractivity contribution in [3.8, 4) is 22.8 Å². The second-order valence-corrected chi connectivity index (χ2v) is 11.1. The first-order chi connectivity index (χ1) is 17.7. The highest BCUT2D eigenvalue weighted by Gasteiger charge is 2.51. The molecular weight excluding hydrogens is 478 g/mol. The van der Waals surface area contributed by atoms with Gasteiger partial charge in [0.15, 0.2) is 11.6 Å². The highest BCUT2D eigenvalue weighted by atomic mass is 19.1. The molecular formula is C27H30F2N6O2. The Hall–Kier alpha value is -3.40. The Morgan fingerprint density at radius 2 is 1.70 bits per heavy atom. The van der Waals surface area contributed by atoms with Crippen molar-refractivity contribution in [3.05, 3.63) is 53.9 Å². The van der Waals surface area contributed by atoms with Gasteiger partial charge in [-0.1, -0.05) is 18.2 Å². The molecule has 0 radical (unpaired) electrons. The Balaban J connectivity index is 1.18. The van der Waals surface area contributed by atoms with Gasteiger partial charge < -0.3 is 20.1 Å². The summed E-state index contributed by atoms with van der Waals surface area (Å²) in [6, 6.07) is 10.5. The van der Waals surface area contributed by atoms with E-state index in [1.807, 2.05) is 12.1 Å². The van der Waals surface area contributed by atoms with E-state index >= 15 is 4.39 Å². The monoisotopic (exact) mass is 508 g/mol. The third-order valence-electron chi connectivity index (χ3n) is 7.88. The van der Waals surface area contributed by atoms with Crippen LogP contribution in [-0.2, 0) is 6.61 Å². The van der Waals surface area contributed by atoms with Crippen molar-refractivity contribution in [2.24, 2.45) is 0 Å². The summed E-state index contributed by atoms with van der Waals surface area (Å²) < 4.78 is 34.9. The third kappa shape index (κ3) is 4.58. The van der Waals surface area contributed by atoms with Crippen LogP contribution in [0.1, 0.15) is 58.1 Å². The fraction of sp³-hybridized carbons (Fsp3) is 0.481. The molecule has 1 saturated carbocycles. The SMILES string of the molecule is CC12CCC(C)(CC(N(c3ccc(COc4nnc(F)c(-c5ccccc5O)c4F)nn3)C3CC3)C1)N2. The maximum Gasteiger partial charge on any atom is 0.271 e. The summed E-state index contributed by atoms with van der Waals surface area (Å²) in [5.74, 6) is -2.08. The molecule has 1 aromatic carbocycles. The molecule has 2 aliphatic heterocycles. The number of para-hydroxylation sites is 1. The molecule has 0 spiro atoms. The van der Waals surface area contributed by atoms with Crippen molar-refractivity contribution < 1.29 is 18.6 Å². The summed E-state index contributed by atoms with van der Waals surface area (Å²) >= 11 is 0. The molecule has 3 aliphatic rings. The number of phenols is 1. The zero-order valence-electron chi connectivity index (χ0n) is 20.9. The average Bonchev–Trinajstić information content (AvgIpc) is 3.66. The van der Waals surface area contributed by atoms with Crippen LogP contribution in [0.2, 0.25) is 0 Å². The van der Waals surface area contributed by atoms with E-state index in [-0.39, 0.29) is 29.0 Å². The number of anilines is 1. The smallest absolute Gasteiger partial charge is 0.271 e. The summed E-state index contributed by atoms with van der Waals surface area (Å²) in [5.41, 5.74) is 0.264. The third-order valence-corrected chi connectivity index (χ3v) is 7.88. The van der Waals surface area contributed by atoms with Crippen LogP contribution in [0.5, 0.6) is 11.6 Å². The highest BCUT2D eigenvalue weighted by Crippen LogP contribution is 2.46. The molecule has 4 heterocycles. The second kappa shape index (κ2) is 8.86. The quantitative estimate of drug-likeness (QED) is 0.481. The van der Waals surface area contributed by atoms with E-state index in [2.05, 4.69) is 44.5 Å². The van der Waals surface area contributed by atoms with Crippen molar-refractivity contribution in [3.63, 3.8) is 0 Å². The Labute approximate surface area is 214 Å². The predicted molar refractivity (Wildman–Crippen MR) is 133 cm³/mol. The maximum absolute atomic E-state index is 15.1. The van der Waals surface area contributed by atoms with Crippen LogP contribution in [-0.4, -0.2) is 48.7 Å². The minimum atomic E-state index is -1.13. The van der Waals surface area contributed by atoms with Crippen molar-refractivity contribution in [2.45, 2.75) is 82.1 Å². The largest absolute Gasteiger partial charge is 0.507 e. The van der Waals surface area contributed by atoms with E-state index in [0.717, 1.165) is 31.5 Å². The fourth-order valence-electron chi connectivity index (χ4n) is 6.14. The van der Waals surface area contributed by atoms with Crippen LogP contribution in [0.3, 0.4) is 0 Å². The van der Waals surface area contributed by atoms with Crippen LogP contribution in [0, 0.1) is 11.8 Å². The van der Waals surface area contributed by atoms with Gasteiger partial charge in [0.25, 0.3) is 5.88 Å². The van der Waals surface area contributed by atoms with Crippen LogP contribution in [0.15, 0.2) is 36.4 Å². The fourth-order valence-corrected chi connectivity index (χ4v) is 6.14. The van der Waals surface area contributed by atoms with Gasteiger partial charge >= 0.3 is 0 Å². The van der Waals surface area contributed by atoms with E-state index in [0.29, 0.717) is 17.8 Å². The molecule has 37 heavy (non-hydrogen) atoms. The molecule has 2 saturated heterocycles. The van der Waals surface area contributed by atoms with Gasteiger partial charge in [-0.3, -0.25) is 0 Å². The van der Waals surface area contributed by atoms with Crippen molar-refractivity contribution >= 4 is 5.82 Å². The zero-order valence-corrected chi connectivity index (χ0v) is 20.9. The Morgan fingerprint density at radius 3 is 2.35 bits per heavy atom. The number of ether oxygens (including phenoxy) is 1. The number of rotatable bonds is 7. The van der Waals surface area contributed by atoms with Gasteiger partial charge in [-0.05, 0) is 70.6 Å². The molecule has 2 unspecified atom stereocenters. The number of nitrogens with one attached hydrogen (secondary N) is 1. The number of aromatic nitrogens is 4. The Kier molecular flexibility index (Phi) is 5.74. The number of benzene rings is 1. The van der Waals surface area contributed by atoms with Gasteiger partial charge in [-0.25, -0.2) is 4.39 Å². The lowest BCUT2D eigenvalue weighted by Crippen LogP contribution is -2.59. The van der Waals surface area contributed by atoms with E-state index in [1.165, 1.54) is 25.0 Å². The van der Waals surface area contributed by atoms with E-state index in [4.69, 9.17) is 4.74 Å². The van der Waals surface area contributed by atoms with Crippen molar-refractivity contribution in [2.75, 3.05) is 4.90 Å². The number of piperidine rings is 1. The number of phenolic OH excluding ortho intramolecular Hbond substituents is 1. The maximum atomic E-state index is 15.1. The number of nitrogens with zero attached hydrogens (tertiary/aromatic N) is 5. The molecule has 6 rings (SSSR count). The van der Waals surface area contributed by atoms with Gasteiger partial charge in [-0.2, -0.15) is 4.39 Å². The minimum Gasteiger partial charge on any atom is -0.507 e. The zero-order chi connectivity index (χ0) is 25.8. The van der Waals surface area contributed by atoms with Gasteiger partial charge in [0.2, 0.25) is 5.95 Å². The van der Waals surface area contributed by atoms with E-state index in [1.54, 1.807) is 12.1 Å². The van der Waals surface area contributed by atoms with Crippen LogP contribution in [0.4, 0.5) is 14.6 Å². The van der Waals surface area contributed by atoms with Crippen molar-refractivity contribution in [1.82, 2.24) is 25.7 Å². The van der Waals surface area contributed by atoms with Gasteiger partial charge in [-0.15, -0.1) is 20.4 Å². The first-order valence-electron chi connectivity index (χ1n) is 12.8. The number of fused-ring (bicyclic) bond motifs is 2. The number of hydrogen-bond donors (Lipinski definition) is 2. The lowest BCUT2D eigenvalue weighted by atomic mass is 9.84. The van der Waals surface area contributed by atoms with Gasteiger partial charge in [0.05, 0.1) is 5.56 Å². The summed E-state index contributed by atoms with van der Waals surface area (Å²) in [4.78, 5) is 2.45. The summed E-state index contributed by atoms with van der Waals surface area (Å²) in [6.07, 6.45) is 6.85. The average molecular weight is 509 g/mol. The second-order valence-electron chi connectivity index (χ2n) is 11.1. The summed E-state index contributed by atoms with van der Waals surface area (Å²) in [6.45, 7) is 4.53. The Bertz CT molecular complexity index is 1300. The van der Waals surface area contributed by atoms with E-state index in [9.17, 15) is 9.50 Å². The number of halogens is 2. The molecule has 3 fully saturated rings. The number of aromatic hydroxyl groups is 1. The van der Waals surface area contributed by atoms with Gasteiger partial charge in [0.1, 0.15) is 18.1 Å². The summed E-state index contributed by atoms with van der Waals surface area (Å²) in [5, 5.41) is 29.6. The molecule has 2 aromatic heterocycles. The van der Waals surface area contributed by atoms with Crippen molar-refractivity contribution in [1.29, 1.82) is 0 Å². The molecule has 194 valence electrons. The van der Waals surface area contributed by atoms with Crippen LogP contribution < -0.4 is 15.0 Å². The molecule has 1 aliphatic carbocycles. The lowest BCUT2D eigenvalue weighted by molar-refractivity contribution is 0.203. The number of hydrogen-bond acceptors (Lipinski definition) is 8. The molecule has 2 N–H and O–H groups in total. The van der Waals surface area contributed by atoms with Gasteiger partial charge in [0, 0.05) is 28.7 Å². The molecule has 2 bridgehead atoms. The molecule has 2 atom stereocenters. The topological polar surface area (TPSA) is 96.3 Å². The minimum absolute atomic E-state index is 0.0318. The van der Waals surface area contributed by atoms with Crippen LogP contribution >= 0.6 is 0 Å². The van der Waals surface area contributed by atoms with Crippen LogP contribution in [0.25, 0.3) is 11.1 Å². The highest BCUT2D eigenvalue weighted by molar-refractivity contribution is 5.71. The lowest BCUT2D eigenvalue weighted by Gasteiger charge is -2.46. The van der Waals surface area contributed by atoms with E-state index < -0.39 is 23.2 Å². The molecule has 8 nitrogen and oxygen atoms in total. The normalized spacial score (nSPS) is 26.8. The first-order valence-corrected chi connectivity index (χ1v) is 12.8. The Morgan fingerprint density at radius 1 is 0.973 bits per heavy atom. The predicted octanol–water partition coefficient (Wildman–Crippen LogP) is 4.53. The summed E-state index contributed by atoms with van der Waals surface area (Å²) in [7, 11) is 0. The standard InChI is InChI=1S/C27H30F2N6O2/c1-26-11-12-27(2,34-26)14-18(13-26)35(17-8-9-17)21-10-7-16(30-31-21)15-37-25-23(28)22(24(29)32-33-25)19-5-3-4-6-20(19)36/h3-7,10,17-18,34,36H,8-9,11-15H2,1-2H3. The first kappa shape index (κ1) is 24.0. The molecule has 10 heteroatoms. The molecule has 3 aromatic rings.